The molecule has 1 N–H and O–H groups in total. The monoisotopic (exact) mass is 637 g/mol. The summed E-state index contributed by atoms with van der Waals surface area (Å²) in [7, 11) is -4.20. The summed E-state index contributed by atoms with van der Waals surface area (Å²) in [6, 6.07) is 16.7. The molecule has 0 aliphatic rings. The van der Waals surface area contributed by atoms with Gasteiger partial charge >= 0.3 is 0 Å². The Bertz CT molecular complexity index is 1470. The van der Waals surface area contributed by atoms with Crippen LogP contribution < -0.4 is 9.62 Å². The average Bonchev–Trinajstić information content (AvgIpc) is 2.93. The van der Waals surface area contributed by atoms with Gasteiger partial charge in [0.1, 0.15) is 12.6 Å². The third-order valence-corrected chi connectivity index (χ3v) is 9.25. The Balaban J connectivity index is 2.07. The number of para-hydroxylation sites is 1. The van der Waals surface area contributed by atoms with Gasteiger partial charge in [-0.05, 0) is 73.4 Å². The van der Waals surface area contributed by atoms with E-state index in [1.54, 1.807) is 56.3 Å². The summed E-state index contributed by atoms with van der Waals surface area (Å²) in [6.07, 6.45) is 2.00. The van der Waals surface area contributed by atoms with Crippen LogP contribution in [0.3, 0.4) is 0 Å². The van der Waals surface area contributed by atoms with E-state index in [4.69, 9.17) is 34.8 Å². The van der Waals surface area contributed by atoms with Gasteiger partial charge < -0.3 is 10.2 Å². The van der Waals surface area contributed by atoms with E-state index >= 15 is 0 Å². The number of carbonyl (C=O) groups excluding carboxylic acids is 2. The zero-order valence-corrected chi connectivity index (χ0v) is 26.3. The van der Waals surface area contributed by atoms with E-state index in [1.807, 2.05) is 6.92 Å². The number of amides is 2. The van der Waals surface area contributed by atoms with Gasteiger partial charge in [-0.15, -0.1) is 0 Å². The smallest absolute Gasteiger partial charge is 0.264 e. The predicted octanol–water partition coefficient (Wildman–Crippen LogP) is 6.87. The molecule has 3 aromatic carbocycles. The van der Waals surface area contributed by atoms with Crippen LogP contribution in [0, 0.1) is 6.92 Å². The number of halogens is 3. The van der Waals surface area contributed by atoms with Crippen LogP contribution >= 0.6 is 34.8 Å². The fourth-order valence-corrected chi connectivity index (χ4v) is 6.42. The lowest BCUT2D eigenvalue weighted by Gasteiger charge is -2.33. The predicted molar refractivity (Wildman–Crippen MR) is 166 cm³/mol. The van der Waals surface area contributed by atoms with Gasteiger partial charge in [-0.2, -0.15) is 0 Å². The molecule has 2 amide bonds. The van der Waals surface area contributed by atoms with Crippen LogP contribution in [0.2, 0.25) is 15.1 Å². The number of benzene rings is 3. The maximum Gasteiger partial charge on any atom is 0.264 e. The molecular formula is C30H34Cl3N3O4S. The first-order valence-electron chi connectivity index (χ1n) is 13.3. The number of sulfonamides is 1. The van der Waals surface area contributed by atoms with Crippen molar-refractivity contribution in [1.29, 1.82) is 0 Å². The molecule has 0 saturated heterocycles. The molecule has 3 aromatic rings. The maximum absolute atomic E-state index is 14.1. The second-order valence-corrected chi connectivity index (χ2v) is 12.7. The summed E-state index contributed by atoms with van der Waals surface area (Å²) in [4.78, 5) is 28.8. The number of hydrogen-bond acceptors (Lipinski definition) is 4. The van der Waals surface area contributed by atoms with E-state index in [0.29, 0.717) is 44.8 Å². The van der Waals surface area contributed by atoms with Crippen LogP contribution in [-0.4, -0.2) is 44.3 Å². The average molecular weight is 639 g/mol. The van der Waals surface area contributed by atoms with Gasteiger partial charge in [-0.3, -0.25) is 13.9 Å². The van der Waals surface area contributed by atoms with Crippen LogP contribution in [-0.2, 0) is 26.2 Å². The molecular weight excluding hydrogens is 605 g/mol. The number of nitrogens with zero attached hydrogens (tertiary/aromatic N) is 2. The number of rotatable bonds is 13. The quantitative estimate of drug-likeness (QED) is 0.207. The van der Waals surface area contributed by atoms with Crippen LogP contribution in [0.15, 0.2) is 71.6 Å². The molecule has 0 heterocycles. The van der Waals surface area contributed by atoms with Crippen molar-refractivity contribution in [2.75, 3.05) is 17.4 Å². The lowest BCUT2D eigenvalue weighted by atomic mass is 10.1. The minimum atomic E-state index is -4.20. The van der Waals surface area contributed by atoms with Crippen molar-refractivity contribution in [3.8, 4) is 0 Å². The summed E-state index contributed by atoms with van der Waals surface area (Å²) in [5, 5.41) is 4.05. The first kappa shape index (κ1) is 32.7. The first-order valence-corrected chi connectivity index (χ1v) is 15.9. The second-order valence-electron chi connectivity index (χ2n) is 9.58. The van der Waals surface area contributed by atoms with E-state index in [0.717, 1.165) is 17.1 Å². The number of anilines is 1. The van der Waals surface area contributed by atoms with Crippen molar-refractivity contribution in [3.63, 3.8) is 0 Å². The zero-order chi connectivity index (χ0) is 30.2. The number of carbonyl (C=O) groups is 2. The van der Waals surface area contributed by atoms with Crippen molar-refractivity contribution in [1.82, 2.24) is 10.2 Å². The summed E-state index contributed by atoms with van der Waals surface area (Å²) in [6.45, 7) is 5.50. The van der Waals surface area contributed by atoms with Crippen molar-refractivity contribution in [2.24, 2.45) is 0 Å². The van der Waals surface area contributed by atoms with Crippen molar-refractivity contribution < 1.29 is 18.0 Å². The Kier molecular flexibility index (Phi) is 11.9. The summed E-state index contributed by atoms with van der Waals surface area (Å²) >= 11 is 18.6. The lowest BCUT2D eigenvalue weighted by molar-refractivity contribution is -0.140. The van der Waals surface area contributed by atoms with Crippen molar-refractivity contribution >= 4 is 62.3 Å². The fourth-order valence-electron chi connectivity index (χ4n) is 4.35. The van der Waals surface area contributed by atoms with Gasteiger partial charge in [0.15, 0.2) is 0 Å². The second kappa shape index (κ2) is 14.9. The molecule has 0 aliphatic heterocycles. The van der Waals surface area contributed by atoms with E-state index in [9.17, 15) is 18.0 Å². The molecule has 0 fully saturated rings. The Labute approximate surface area is 257 Å². The molecule has 11 heteroatoms. The Hall–Kier alpha value is -2.78. The standard InChI is InChI=1S/C30H34Cl3N3O4S/c1-4-6-17-34-30(38)27(5-2)35(19-22-11-12-24(32)18-26(22)33)29(37)20-36(28-10-8-7-9-21(28)3)41(39,40)25-15-13-23(31)14-16-25/h7-16,18,27H,4-6,17,19-20H2,1-3H3,(H,34,38)/t27-/m1/s1. The molecule has 41 heavy (non-hydrogen) atoms. The summed E-state index contributed by atoms with van der Waals surface area (Å²) < 4.78 is 29.0. The number of hydrogen-bond donors (Lipinski definition) is 1. The molecule has 0 unspecified atom stereocenters. The Morgan fingerprint density at radius 3 is 2.20 bits per heavy atom. The topological polar surface area (TPSA) is 86.8 Å². The molecule has 1 atom stereocenters. The van der Waals surface area contributed by atoms with Gasteiger partial charge in [-0.1, -0.05) is 79.3 Å². The van der Waals surface area contributed by atoms with E-state index in [1.165, 1.54) is 29.2 Å². The van der Waals surface area contributed by atoms with Crippen LogP contribution in [0.1, 0.15) is 44.2 Å². The van der Waals surface area contributed by atoms with Crippen molar-refractivity contribution in [3.05, 3.63) is 92.9 Å². The van der Waals surface area contributed by atoms with E-state index in [2.05, 4.69) is 5.32 Å². The van der Waals surface area contributed by atoms with Crippen molar-refractivity contribution in [2.45, 2.75) is 57.5 Å². The lowest BCUT2D eigenvalue weighted by Crippen LogP contribution is -2.52. The minimum Gasteiger partial charge on any atom is -0.354 e. The summed E-state index contributed by atoms with van der Waals surface area (Å²) in [5.41, 5.74) is 1.59. The van der Waals surface area contributed by atoms with Gasteiger partial charge in [0.25, 0.3) is 10.0 Å². The molecule has 3 rings (SSSR count). The van der Waals surface area contributed by atoms with Gasteiger partial charge in [0.2, 0.25) is 11.8 Å². The zero-order valence-electron chi connectivity index (χ0n) is 23.2. The molecule has 7 nitrogen and oxygen atoms in total. The Morgan fingerprint density at radius 2 is 1.59 bits per heavy atom. The summed E-state index contributed by atoms with van der Waals surface area (Å²) in [5.74, 6) is -0.878. The molecule has 0 saturated carbocycles. The Morgan fingerprint density at radius 1 is 0.927 bits per heavy atom. The highest BCUT2D eigenvalue weighted by molar-refractivity contribution is 7.92. The highest BCUT2D eigenvalue weighted by atomic mass is 35.5. The normalized spacial score (nSPS) is 12.0. The van der Waals surface area contributed by atoms with Crippen LogP contribution in [0.5, 0.6) is 0 Å². The SMILES string of the molecule is CCCCNC(=O)[C@@H](CC)N(Cc1ccc(Cl)cc1Cl)C(=O)CN(c1ccccc1C)S(=O)(=O)c1ccc(Cl)cc1. The van der Waals surface area contributed by atoms with E-state index < -0.39 is 28.5 Å². The minimum absolute atomic E-state index is 0.0167. The number of nitrogens with one attached hydrogen (secondary N) is 1. The third kappa shape index (κ3) is 8.38. The van der Waals surface area contributed by atoms with Gasteiger partial charge in [0, 0.05) is 28.2 Å². The first-order chi connectivity index (χ1) is 19.5. The molecule has 0 bridgehead atoms. The molecule has 0 aliphatic carbocycles. The highest BCUT2D eigenvalue weighted by Gasteiger charge is 2.34. The molecule has 0 aromatic heterocycles. The highest BCUT2D eigenvalue weighted by Crippen LogP contribution is 2.29. The molecule has 220 valence electrons. The van der Waals surface area contributed by atoms with Crippen LogP contribution in [0.25, 0.3) is 0 Å². The van der Waals surface area contributed by atoms with Crippen LogP contribution in [0.4, 0.5) is 5.69 Å². The number of aryl methyl sites for hydroxylation is 1. The maximum atomic E-state index is 14.1. The fraction of sp³-hybridized carbons (Fsp3) is 0.333. The molecule has 0 radical (unpaired) electrons. The van der Waals surface area contributed by atoms with E-state index in [-0.39, 0.29) is 17.3 Å². The largest absolute Gasteiger partial charge is 0.354 e. The van der Waals surface area contributed by atoms with Gasteiger partial charge in [0.05, 0.1) is 10.6 Å². The number of unbranched alkanes of at least 4 members (excludes halogenated alkanes) is 1. The molecule has 0 spiro atoms. The third-order valence-electron chi connectivity index (χ3n) is 6.64. The van der Waals surface area contributed by atoms with Gasteiger partial charge in [-0.25, -0.2) is 8.42 Å².